The zero-order valence-corrected chi connectivity index (χ0v) is 15.3. The van der Waals surface area contributed by atoms with E-state index < -0.39 is 6.17 Å². The average molecular weight is 408 g/mol. The van der Waals surface area contributed by atoms with Crippen LogP contribution in [0.2, 0.25) is 0 Å². The zero-order valence-electron chi connectivity index (χ0n) is 13.7. The second-order valence-electron chi connectivity index (χ2n) is 5.86. The lowest BCUT2D eigenvalue weighted by molar-refractivity contribution is 0.618. The van der Waals surface area contributed by atoms with Crippen LogP contribution in [0.4, 0.5) is 4.39 Å². The molecule has 0 radical (unpaired) electrons. The smallest absolute Gasteiger partial charge is 0.169 e. The van der Waals surface area contributed by atoms with Crippen LogP contribution >= 0.6 is 15.9 Å². The Bertz CT molecular complexity index is 929. The van der Waals surface area contributed by atoms with E-state index in [-0.39, 0.29) is 5.82 Å². The van der Waals surface area contributed by atoms with Gasteiger partial charge in [0.1, 0.15) is 17.5 Å². The van der Waals surface area contributed by atoms with Gasteiger partial charge in [0.2, 0.25) is 0 Å². The maximum absolute atomic E-state index is 13.6. The SMILES string of the molecule is Fc1ccc(C2N=C(c3ccccc3)NC(c3ccccc3)=N2)cc1Br. The number of aliphatic imine (C=N–C) groups is 2. The predicted molar refractivity (Wildman–Crippen MR) is 106 cm³/mol. The van der Waals surface area contributed by atoms with Crippen molar-refractivity contribution in [3.05, 3.63) is 106 Å². The molecule has 0 fully saturated rings. The molecule has 26 heavy (non-hydrogen) atoms. The Labute approximate surface area is 159 Å². The highest BCUT2D eigenvalue weighted by Crippen LogP contribution is 2.27. The van der Waals surface area contributed by atoms with E-state index in [9.17, 15) is 4.39 Å². The van der Waals surface area contributed by atoms with E-state index in [0.717, 1.165) is 28.4 Å². The summed E-state index contributed by atoms with van der Waals surface area (Å²) in [5, 5.41) is 3.33. The minimum absolute atomic E-state index is 0.304. The lowest BCUT2D eigenvalue weighted by atomic mass is 10.1. The number of nitrogens with one attached hydrogen (secondary N) is 1. The molecule has 1 aliphatic rings. The molecule has 0 bridgehead atoms. The van der Waals surface area contributed by atoms with Gasteiger partial charge in [0.05, 0.1) is 4.47 Å². The summed E-state index contributed by atoms with van der Waals surface area (Å²) in [7, 11) is 0. The molecule has 0 aliphatic carbocycles. The highest BCUT2D eigenvalue weighted by Gasteiger charge is 2.20. The lowest BCUT2D eigenvalue weighted by Crippen LogP contribution is -2.35. The first-order valence-corrected chi connectivity index (χ1v) is 8.98. The average Bonchev–Trinajstić information content (AvgIpc) is 2.71. The van der Waals surface area contributed by atoms with Gasteiger partial charge in [-0.1, -0.05) is 66.7 Å². The number of rotatable bonds is 3. The third-order valence-corrected chi connectivity index (χ3v) is 4.68. The van der Waals surface area contributed by atoms with Gasteiger partial charge >= 0.3 is 0 Å². The fourth-order valence-electron chi connectivity index (χ4n) is 2.76. The summed E-state index contributed by atoms with van der Waals surface area (Å²) >= 11 is 3.25. The van der Waals surface area contributed by atoms with Crippen LogP contribution in [0, 0.1) is 5.82 Å². The molecule has 5 heteroatoms. The number of hydrogen-bond acceptors (Lipinski definition) is 3. The van der Waals surface area contributed by atoms with Crippen molar-refractivity contribution in [2.24, 2.45) is 9.98 Å². The van der Waals surface area contributed by atoms with Crippen molar-refractivity contribution >= 4 is 27.6 Å². The molecule has 0 atom stereocenters. The molecular weight excluding hydrogens is 393 g/mol. The van der Waals surface area contributed by atoms with Gasteiger partial charge in [-0.2, -0.15) is 0 Å². The topological polar surface area (TPSA) is 36.8 Å². The summed E-state index contributed by atoms with van der Waals surface area (Å²) in [5.74, 6) is 1.18. The second-order valence-corrected chi connectivity index (χ2v) is 6.71. The monoisotopic (exact) mass is 407 g/mol. The molecule has 128 valence electrons. The van der Waals surface area contributed by atoms with Crippen molar-refractivity contribution in [3.63, 3.8) is 0 Å². The summed E-state index contributed by atoms with van der Waals surface area (Å²) < 4.78 is 14.0. The normalized spacial score (nSPS) is 14.4. The molecule has 4 rings (SSSR count). The van der Waals surface area contributed by atoms with Crippen LogP contribution in [-0.2, 0) is 0 Å². The minimum atomic E-state index is -0.446. The summed E-state index contributed by atoms with van der Waals surface area (Å²) in [6.45, 7) is 0. The third kappa shape index (κ3) is 3.44. The summed E-state index contributed by atoms with van der Waals surface area (Å²) in [6.07, 6.45) is -0.446. The van der Waals surface area contributed by atoms with Gasteiger partial charge in [0.25, 0.3) is 0 Å². The number of benzene rings is 3. The predicted octanol–water partition coefficient (Wildman–Crippen LogP) is 5.08. The maximum atomic E-state index is 13.6. The van der Waals surface area contributed by atoms with Gasteiger partial charge in [-0.15, -0.1) is 0 Å². The lowest BCUT2D eigenvalue weighted by Gasteiger charge is -2.22. The highest BCUT2D eigenvalue weighted by molar-refractivity contribution is 9.10. The first-order chi connectivity index (χ1) is 12.7. The second kappa shape index (κ2) is 7.22. The summed E-state index contributed by atoms with van der Waals surface area (Å²) in [4.78, 5) is 9.49. The first-order valence-electron chi connectivity index (χ1n) is 8.19. The van der Waals surface area contributed by atoms with Crippen LogP contribution in [0.25, 0.3) is 0 Å². The molecule has 0 unspecified atom stereocenters. The molecule has 3 nitrogen and oxygen atoms in total. The number of hydrogen-bond donors (Lipinski definition) is 1. The van der Waals surface area contributed by atoms with Crippen molar-refractivity contribution in [3.8, 4) is 0 Å². The van der Waals surface area contributed by atoms with Crippen molar-refractivity contribution in [1.29, 1.82) is 0 Å². The van der Waals surface area contributed by atoms with E-state index in [0.29, 0.717) is 4.47 Å². The van der Waals surface area contributed by atoms with E-state index in [1.54, 1.807) is 12.1 Å². The Kier molecular flexibility index (Phi) is 4.63. The number of nitrogens with zero attached hydrogens (tertiary/aromatic N) is 2. The Balaban J connectivity index is 1.80. The molecule has 0 saturated heterocycles. The van der Waals surface area contributed by atoms with Gasteiger partial charge in [0, 0.05) is 11.1 Å². The van der Waals surface area contributed by atoms with Gasteiger partial charge in [0.15, 0.2) is 6.17 Å². The Morgan fingerprint density at radius 2 is 1.31 bits per heavy atom. The van der Waals surface area contributed by atoms with E-state index in [2.05, 4.69) is 21.2 Å². The Hall–Kier alpha value is -2.79. The first kappa shape index (κ1) is 16.7. The molecule has 1 N–H and O–H groups in total. The summed E-state index contributed by atoms with van der Waals surface area (Å²) in [6, 6.07) is 24.7. The van der Waals surface area contributed by atoms with Crippen LogP contribution < -0.4 is 5.32 Å². The number of amidine groups is 2. The van der Waals surface area contributed by atoms with Crippen LogP contribution in [-0.4, -0.2) is 11.7 Å². The summed E-state index contributed by atoms with van der Waals surface area (Å²) in [5.41, 5.74) is 2.77. The Morgan fingerprint density at radius 3 is 1.81 bits per heavy atom. The molecule has 0 amide bonds. The molecule has 3 aromatic carbocycles. The molecule has 0 saturated carbocycles. The van der Waals surface area contributed by atoms with Crippen LogP contribution in [0.3, 0.4) is 0 Å². The quantitative estimate of drug-likeness (QED) is 0.645. The highest BCUT2D eigenvalue weighted by atomic mass is 79.9. The minimum Gasteiger partial charge on any atom is -0.324 e. The maximum Gasteiger partial charge on any atom is 0.169 e. The fourth-order valence-corrected chi connectivity index (χ4v) is 3.15. The van der Waals surface area contributed by atoms with Gasteiger partial charge in [-0.3, -0.25) is 0 Å². The molecule has 1 heterocycles. The van der Waals surface area contributed by atoms with Crippen molar-refractivity contribution in [2.45, 2.75) is 6.17 Å². The standard InChI is InChI=1S/C21H15BrFN3/c22-17-13-16(11-12-18(17)23)21-25-19(14-7-3-1-4-8-14)24-20(26-21)15-9-5-2-6-10-15/h1-13,21H,(H,24,25,26). The third-order valence-electron chi connectivity index (χ3n) is 4.08. The van der Waals surface area contributed by atoms with E-state index >= 15 is 0 Å². The molecule has 0 aromatic heterocycles. The zero-order chi connectivity index (χ0) is 17.9. The van der Waals surface area contributed by atoms with Crippen molar-refractivity contribution < 1.29 is 4.39 Å². The fraction of sp³-hybridized carbons (Fsp3) is 0.0476. The van der Waals surface area contributed by atoms with E-state index in [1.165, 1.54) is 6.07 Å². The molecular formula is C21H15BrFN3. The van der Waals surface area contributed by atoms with Crippen molar-refractivity contribution in [1.82, 2.24) is 5.32 Å². The Morgan fingerprint density at radius 1 is 0.769 bits per heavy atom. The van der Waals surface area contributed by atoms with Gasteiger partial charge in [-0.05, 0) is 33.6 Å². The van der Waals surface area contributed by atoms with Crippen LogP contribution in [0.5, 0.6) is 0 Å². The molecule has 0 spiro atoms. The van der Waals surface area contributed by atoms with E-state index in [1.807, 2.05) is 60.7 Å². The number of halogens is 2. The van der Waals surface area contributed by atoms with Crippen LogP contribution in [0.1, 0.15) is 22.9 Å². The molecule has 3 aromatic rings. The largest absolute Gasteiger partial charge is 0.324 e. The van der Waals surface area contributed by atoms with Gasteiger partial charge in [-0.25, -0.2) is 14.4 Å². The molecule has 1 aliphatic heterocycles. The van der Waals surface area contributed by atoms with E-state index in [4.69, 9.17) is 9.98 Å². The van der Waals surface area contributed by atoms with Crippen molar-refractivity contribution in [2.75, 3.05) is 0 Å². The van der Waals surface area contributed by atoms with Gasteiger partial charge < -0.3 is 5.32 Å². The van der Waals surface area contributed by atoms with Crippen LogP contribution in [0.15, 0.2) is 93.3 Å².